The lowest BCUT2D eigenvalue weighted by atomic mass is 9.94. The summed E-state index contributed by atoms with van der Waals surface area (Å²) in [5, 5.41) is 0. The number of para-hydroxylation sites is 1. The third-order valence-corrected chi connectivity index (χ3v) is 3.42. The molecule has 19 heavy (non-hydrogen) atoms. The van der Waals surface area contributed by atoms with Gasteiger partial charge in [-0.05, 0) is 24.0 Å². The number of hydrogen-bond acceptors (Lipinski definition) is 5. The number of anilines is 3. The van der Waals surface area contributed by atoms with Crippen LogP contribution >= 0.6 is 0 Å². The molecule has 0 spiro atoms. The van der Waals surface area contributed by atoms with Crippen molar-refractivity contribution in [3.63, 3.8) is 0 Å². The molecular weight excluding hydrogens is 238 g/mol. The summed E-state index contributed by atoms with van der Waals surface area (Å²) in [6, 6.07) is 10.3. The van der Waals surface area contributed by atoms with Gasteiger partial charge < -0.3 is 10.3 Å². The largest absolute Gasteiger partial charge is 0.326 e. The number of nitrogens with one attached hydrogen (secondary N) is 1. The molecule has 2 aromatic rings. The number of rotatable bonds is 2. The maximum Gasteiger partial charge on any atom is 0.145 e. The zero-order valence-corrected chi connectivity index (χ0v) is 10.9. The van der Waals surface area contributed by atoms with E-state index >= 15 is 0 Å². The van der Waals surface area contributed by atoms with Crippen LogP contribution in [0.4, 0.5) is 17.3 Å². The van der Waals surface area contributed by atoms with Gasteiger partial charge in [-0.2, -0.15) is 0 Å². The first-order valence-corrected chi connectivity index (χ1v) is 6.42. The highest BCUT2D eigenvalue weighted by Gasteiger charge is 2.23. The summed E-state index contributed by atoms with van der Waals surface area (Å²) in [4.78, 5) is 10.6. The zero-order valence-electron chi connectivity index (χ0n) is 10.9. The molecule has 3 rings (SSSR count). The lowest BCUT2D eigenvalue weighted by Gasteiger charge is -2.34. The van der Waals surface area contributed by atoms with E-state index in [0.717, 1.165) is 18.8 Å². The Labute approximate surface area is 112 Å². The van der Waals surface area contributed by atoms with Gasteiger partial charge in [0.2, 0.25) is 0 Å². The van der Waals surface area contributed by atoms with Crippen molar-refractivity contribution >= 4 is 17.3 Å². The molecule has 1 aliphatic rings. The van der Waals surface area contributed by atoms with Gasteiger partial charge in [-0.25, -0.2) is 15.8 Å². The van der Waals surface area contributed by atoms with Gasteiger partial charge in [0, 0.05) is 18.3 Å². The summed E-state index contributed by atoms with van der Waals surface area (Å²) in [5.74, 6) is 7.51. The quantitative estimate of drug-likeness (QED) is 0.635. The number of hydrazine groups is 1. The summed E-state index contributed by atoms with van der Waals surface area (Å²) in [5.41, 5.74) is 5.15. The molecule has 0 bridgehead atoms. The summed E-state index contributed by atoms with van der Waals surface area (Å²) >= 11 is 0. The number of nitrogens with two attached hydrogens (primary N) is 1. The van der Waals surface area contributed by atoms with E-state index in [1.165, 1.54) is 17.6 Å². The Morgan fingerprint density at radius 3 is 3.00 bits per heavy atom. The van der Waals surface area contributed by atoms with Crippen molar-refractivity contribution in [3.05, 3.63) is 42.2 Å². The average molecular weight is 255 g/mol. The number of hydrogen-bond donors (Lipinski definition) is 2. The van der Waals surface area contributed by atoms with E-state index in [1.807, 2.05) is 6.07 Å². The molecule has 0 saturated heterocycles. The number of nitrogens with zero attached hydrogens (tertiary/aromatic N) is 3. The van der Waals surface area contributed by atoms with Gasteiger partial charge in [0.25, 0.3) is 0 Å². The van der Waals surface area contributed by atoms with E-state index in [1.54, 1.807) is 0 Å². The standard InChI is InChI=1S/C14H17N5/c1-10-6-11-4-2-3-5-12(11)19(8-10)14-7-13(18-15)16-9-17-14/h2-5,7,9-10H,6,8,15H2,1H3,(H,16,17,18). The number of fused-ring (bicyclic) bond motifs is 1. The minimum absolute atomic E-state index is 0.596. The van der Waals surface area contributed by atoms with Crippen LogP contribution in [0.5, 0.6) is 0 Å². The average Bonchev–Trinajstić information content (AvgIpc) is 2.46. The molecule has 98 valence electrons. The Kier molecular flexibility index (Phi) is 3.05. The predicted octanol–water partition coefficient (Wildman–Crippen LogP) is 2.09. The van der Waals surface area contributed by atoms with E-state index in [-0.39, 0.29) is 0 Å². The molecule has 0 aliphatic carbocycles. The van der Waals surface area contributed by atoms with Crippen molar-refractivity contribution in [1.82, 2.24) is 9.97 Å². The fraction of sp³-hybridized carbons (Fsp3) is 0.286. The first kappa shape index (κ1) is 11.9. The fourth-order valence-corrected chi connectivity index (χ4v) is 2.59. The normalized spacial score (nSPS) is 18.0. The summed E-state index contributed by atoms with van der Waals surface area (Å²) < 4.78 is 0. The van der Waals surface area contributed by atoms with E-state index < -0.39 is 0 Å². The maximum absolute atomic E-state index is 5.41. The van der Waals surface area contributed by atoms with Crippen molar-refractivity contribution in [2.24, 2.45) is 11.8 Å². The molecule has 5 heteroatoms. The van der Waals surface area contributed by atoms with E-state index in [0.29, 0.717) is 11.7 Å². The van der Waals surface area contributed by atoms with Crippen LogP contribution in [0.25, 0.3) is 0 Å². The Bertz CT molecular complexity index is 584. The van der Waals surface area contributed by atoms with Crippen LogP contribution in [0, 0.1) is 5.92 Å². The molecule has 5 nitrogen and oxygen atoms in total. The Hall–Kier alpha value is -2.14. The van der Waals surface area contributed by atoms with Crippen LogP contribution in [0.3, 0.4) is 0 Å². The fourth-order valence-electron chi connectivity index (χ4n) is 2.59. The zero-order chi connectivity index (χ0) is 13.2. The first-order chi connectivity index (χ1) is 9.28. The Morgan fingerprint density at radius 2 is 2.16 bits per heavy atom. The molecule has 3 N–H and O–H groups in total. The minimum atomic E-state index is 0.596. The molecule has 0 radical (unpaired) electrons. The van der Waals surface area contributed by atoms with Gasteiger partial charge in [-0.3, -0.25) is 0 Å². The van der Waals surface area contributed by atoms with Crippen LogP contribution in [0.1, 0.15) is 12.5 Å². The van der Waals surface area contributed by atoms with Gasteiger partial charge in [0.15, 0.2) is 0 Å². The van der Waals surface area contributed by atoms with Crippen molar-refractivity contribution in [1.29, 1.82) is 0 Å². The lowest BCUT2D eigenvalue weighted by Crippen LogP contribution is -2.31. The smallest absolute Gasteiger partial charge is 0.145 e. The second-order valence-corrected chi connectivity index (χ2v) is 4.95. The molecule has 1 unspecified atom stereocenters. The van der Waals surface area contributed by atoms with Crippen LogP contribution in [0.2, 0.25) is 0 Å². The molecule has 0 amide bonds. The third kappa shape index (κ3) is 2.24. The van der Waals surface area contributed by atoms with Gasteiger partial charge in [0.05, 0.1) is 0 Å². The monoisotopic (exact) mass is 255 g/mol. The van der Waals surface area contributed by atoms with Gasteiger partial charge >= 0.3 is 0 Å². The Balaban J connectivity index is 2.04. The summed E-state index contributed by atoms with van der Waals surface area (Å²) in [6.45, 7) is 3.21. The van der Waals surface area contributed by atoms with Crippen molar-refractivity contribution in [2.45, 2.75) is 13.3 Å². The lowest BCUT2D eigenvalue weighted by molar-refractivity contribution is 0.560. The first-order valence-electron chi connectivity index (χ1n) is 6.42. The third-order valence-electron chi connectivity index (χ3n) is 3.42. The summed E-state index contributed by atoms with van der Waals surface area (Å²) in [6.07, 6.45) is 2.65. The molecule has 1 aromatic heterocycles. The van der Waals surface area contributed by atoms with E-state index in [2.05, 4.69) is 51.5 Å². The predicted molar refractivity (Wildman–Crippen MR) is 76.2 cm³/mol. The molecular formula is C14H17N5. The second-order valence-electron chi connectivity index (χ2n) is 4.95. The number of aromatic nitrogens is 2. The molecule has 0 fully saturated rings. The van der Waals surface area contributed by atoms with Gasteiger partial charge in [0.1, 0.15) is 18.0 Å². The minimum Gasteiger partial charge on any atom is -0.326 e. The topological polar surface area (TPSA) is 67.1 Å². The molecule has 1 aliphatic heterocycles. The van der Waals surface area contributed by atoms with Crippen LogP contribution in [-0.4, -0.2) is 16.5 Å². The second kappa shape index (κ2) is 4.85. The van der Waals surface area contributed by atoms with Crippen molar-refractivity contribution in [2.75, 3.05) is 16.9 Å². The molecule has 1 atom stereocenters. The van der Waals surface area contributed by atoms with E-state index in [4.69, 9.17) is 5.84 Å². The van der Waals surface area contributed by atoms with Crippen LogP contribution < -0.4 is 16.2 Å². The Morgan fingerprint density at radius 1 is 1.32 bits per heavy atom. The van der Waals surface area contributed by atoms with Crippen molar-refractivity contribution < 1.29 is 0 Å². The van der Waals surface area contributed by atoms with Gasteiger partial charge in [-0.1, -0.05) is 25.1 Å². The maximum atomic E-state index is 5.41. The van der Waals surface area contributed by atoms with Gasteiger partial charge in [-0.15, -0.1) is 0 Å². The molecule has 2 heterocycles. The SMILES string of the molecule is CC1Cc2ccccc2N(c2cc(NN)ncn2)C1. The highest BCUT2D eigenvalue weighted by molar-refractivity contribution is 5.66. The highest BCUT2D eigenvalue weighted by atomic mass is 15.3. The number of benzene rings is 1. The summed E-state index contributed by atoms with van der Waals surface area (Å²) in [7, 11) is 0. The molecule has 1 aromatic carbocycles. The van der Waals surface area contributed by atoms with Crippen LogP contribution in [-0.2, 0) is 6.42 Å². The molecule has 0 saturated carbocycles. The van der Waals surface area contributed by atoms with Crippen LogP contribution in [0.15, 0.2) is 36.7 Å². The highest BCUT2D eigenvalue weighted by Crippen LogP contribution is 2.34. The van der Waals surface area contributed by atoms with Crippen molar-refractivity contribution in [3.8, 4) is 0 Å². The van der Waals surface area contributed by atoms with E-state index in [9.17, 15) is 0 Å². The number of nitrogen functional groups attached to an aromatic ring is 1.